The maximum atomic E-state index is 12.6. The second kappa shape index (κ2) is 8.23. The van der Waals surface area contributed by atoms with Gasteiger partial charge in [-0.1, -0.05) is 0 Å². The molecule has 3 rings (SSSR count). The average Bonchev–Trinajstić information content (AvgIpc) is 3.34. The monoisotopic (exact) mass is 436 g/mol. The third kappa shape index (κ3) is 4.26. The maximum Gasteiger partial charge on any atom is 0.274 e. The minimum Gasteiger partial charge on any atom is -0.493 e. The van der Waals surface area contributed by atoms with E-state index in [9.17, 15) is 13.2 Å². The summed E-state index contributed by atoms with van der Waals surface area (Å²) in [7, 11) is 2.39. The smallest absolute Gasteiger partial charge is 0.274 e. The molecule has 0 fully saturated rings. The van der Waals surface area contributed by atoms with Crippen molar-refractivity contribution in [3.63, 3.8) is 0 Å². The van der Waals surface area contributed by atoms with E-state index in [0.717, 1.165) is 5.56 Å². The Balaban J connectivity index is 1.81. The van der Waals surface area contributed by atoms with Crippen LogP contribution in [0.15, 0.2) is 40.7 Å². The molecule has 9 nitrogen and oxygen atoms in total. The first-order valence-corrected chi connectivity index (χ1v) is 10.7. The van der Waals surface area contributed by atoms with Crippen molar-refractivity contribution in [2.45, 2.75) is 4.90 Å². The van der Waals surface area contributed by atoms with Crippen LogP contribution in [0.4, 0.5) is 5.13 Å². The average molecular weight is 437 g/mol. The summed E-state index contributed by atoms with van der Waals surface area (Å²) in [6.07, 6.45) is 1.37. The van der Waals surface area contributed by atoms with Crippen molar-refractivity contribution < 1.29 is 22.7 Å². The van der Waals surface area contributed by atoms with E-state index in [1.165, 1.54) is 35.2 Å². The molecule has 3 aromatic rings. The second-order valence-corrected chi connectivity index (χ2v) is 8.69. The number of benzene rings is 1. The van der Waals surface area contributed by atoms with Gasteiger partial charge in [0.25, 0.3) is 5.91 Å². The summed E-state index contributed by atoms with van der Waals surface area (Å²) >= 11 is 1.26. The molecule has 0 atom stereocenters. The molecule has 1 amide bonds. The van der Waals surface area contributed by atoms with Crippen molar-refractivity contribution in [1.29, 1.82) is 0 Å². The molecule has 0 aliphatic heterocycles. The predicted molar refractivity (Wildman–Crippen MR) is 110 cm³/mol. The van der Waals surface area contributed by atoms with Crippen molar-refractivity contribution in [3.8, 4) is 22.8 Å². The van der Waals surface area contributed by atoms with E-state index in [4.69, 9.17) is 9.47 Å². The number of nitrogens with zero attached hydrogens (tertiary/aromatic N) is 2. The number of ether oxygens (including phenoxy) is 2. The van der Waals surface area contributed by atoms with Gasteiger partial charge in [0.2, 0.25) is 10.0 Å². The molecule has 0 aliphatic carbocycles. The fraction of sp³-hybridized carbons (Fsp3) is 0.222. The summed E-state index contributed by atoms with van der Waals surface area (Å²) in [5.74, 6) is 0.722. The number of carbonyl (C=O) groups is 1. The number of nitrogens with one attached hydrogen (secondary N) is 2. The molecule has 0 bridgehead atoms. The summed E-state index contributed by atoms with van der Waals surface area (Å²) in [4.78, 5) is 17.0. The fourth-order valence-corrected chi connectivity index (χ4v) is 4.16. The summed E-state index contributed by atoms with van der Waals surface area (Å²) in [5, 5.41) is 4.89. The number of hydrogen-bond acceptors (Lipinski definition) is 7. The highest BCUT2D eigenvalue weighted by atomic mass is 32.2. The predicted octanol–water partition coefficient (Wildman–Crippen LogP) is 2.33. The van der Waals surface area contributed by atoms with Crippen LogP contribution < -0.4 is 19.5 Å². The van der Waals surface area contributed by atoms with Crippen molar-refractivity contribution in [2.24, 2.45) is 7.05 Å². The molecule has 0 aliphatic rings. The lowest BCUT2D eigenvalue weighted by Gasteiger charge is -2.08. The third-order valence-corrected chi connectivity index (χ3v) is 6.33. The van der Waals surface area contributed by atoms with Crippen molar-refractivity contribution in [1.82, 2.24) is 14.3 Å². The number of thiazole rings is 1. The lowest BCUT2D eigenvalue weighted by molar-refractivity contribution is 0.101. The Kier molecular flexibility index (Phi) is 5.91. The molecule has 0 saturated carbocycles. The van der Waals surface area contributed by atoms with Gasteiger partial charge in [0.15, 0.2) is 16.6 Å². The summed E-state index contributed by atoms with van der Waals surface area (Å²) in [6, 6.07) is 6.73. The van der Waals surface area contributed by atoms with Crippen LogP contribution in [0.2, 0.25) is 0 Å². The SMILES string of the molecule is CNS(=O)(=O)c1cc(C(=O)Nc2nc(-c3ccc(OC)c(OC)c3)cs2)n(C)c1. The highest BCUT2D eigenvalue weighted by Crippen LogP contribution is 2.33. The number of rotatable bonds is 7. The minimum absolute atomic E-state index is 0.0119. The first-order chi connectivity index (χ1) is 13.8. The Hall–Kier alpha value is -2.89. The Morgan fingerprint density at radius 3 is 2.55 bits per heavy atom. The molecule has 0 saturated heterocycles. The molecule has 2 N–H and O–H groups in total. The van der Waals surface area contributed by atoms with Crippen LogP contribution >= 0.6 is 11.3 Å². The zero-order chi connectivity index (χ0) is 21.2. The first-order valence-electron chi connectivity index (χ1n) is 8.38. The molecule has 0 unspecified atom stereocenters. The van der Waals surface area contributed by atoms with Gasteiger partial charge in [0.05, 0.1) is 19.9 Å². The third-order valence-electron chi connectivity index (χ3n) is 4.20. The molecule has 2 aromatic heterocycles. The number of hydrogen-bond donors (Lipinski definition) is 2. The van der Waals surface area contributed by atoms with Crippen LogP contribution in [0, 0.1) is 0 Å². The highest BCUT2D eigenvalue weighted by Gasteiger charge is 2.20. The summed E-state index contributed by atoms with van der Waals surface area (Å²) < 4.78 is 38.0. The number of methoxy groups -OCH3 is 2. The summed E-state index contributed by atoms with van der Waals surface area (Å²) in [5.41, 5.74) is 1.67. The molecule has 11 heteroatoms. The Bertz CT molecular complexity index is 1150. The number of carbonyl (C=O) groups excluding carboxylic acids is 1. The van der Waals surface area contributed by atoms with Crippen molar-refractivity contribution in [3.05, 3.63) is 41.5 Å². The van der Waals surface area contributed by atoms with Gasteiger partial charge in [-0.05, 0) is 31.3 Å². The zero-order valence-electron chi connectivity index (χ0n) is 16.2. The molecule has 0 spiro atoms. The van der Waals surface area contributed by atoms with Crippen LogP contribution in [0.1, 0.15) is 10.5 Å². The van der Waals surface area contributed by atoms with Gasteiger partial charge in [-0.2, -0.15) is 0 Å². The quantitative estimate of drug-likeness (QED) is 0.588. The van der Waals surface area contributed by atoms with Crippen LogP contribution in [-0.2, 0) is 17.1 Å². The minimum atomic E-state index is -3.64. The number of aryl methyl sites for hydroxylation is 1. The number of amides is 1. The topological polar surface area (TPSA) is 112 Å². The first kappa shape index (κ1) is 20.8. The summed E-state index contributed by atoms with van der Waals surface area (Å²) in [6.45, 7) is 0. The van der Waals surface area contributed by atoms with E-state index in [-0.39, 0.29) is 10.6 Å². The molecule has 2 heterocycles. The Labute approximate surface area is 172 Å². The van der Waals surface area contributed by atoms with Crippen LogP contribution in [0.5, 0.6) is 11.5 Å². The van der Waals surface area contributed by atoms with E-state index in [0.29, 0.717) is 22.3 Å². The van der Waals surface area contributed by atoms with E-state index >= 15 is 0 Å². The number of anilines is 1. The van der Waals surface area contributed by atoms with Gasteiger partial charge in [-0.15, -0.1) is 11.3 Å². The number of sulfonamides is 1. The van der Waals surface area contributed by atoms with Crippen LogP contribution in [0.3, 0.4) is 0 Å². The lowest BCUT2D eigenvalue weighted by Crippen LogP contribution is -2.18. The molecule has 29 heavy (non-hydrogen) atoms. The fourth-order valence-electron chi connectivity index (χ4n) is 2.65. The standard InChI is InChI=1S/C18H20N4O5S2/c1-19-29(24,25)12-8-14(22(2)9-12)17(23)21-18-20-13(10-28-18)11-5-6-15(26-3)16(7-11)27-4/h5-10,19H,1-4H3,(H,20,21,23). The van der Waals surface area contributed by atoms with E-state index in [2.05, 4.69) is 15.0 Å². The van der Waals surface area contributed by atoms with E-state index in [1.54, 1.807) is 38.8 Å². The van der Waals surface area contributed by atoms with Gasteiger partial charge in [0, 0.05) is 24.2 Å². The van der Waals surface area contributed by atoms with E-state index < -0.39 is 15.9 Å². The maximum absolute atomic E-state index is 12.6. The number of aromatic nitrogens is 2. The largest absolute Gasteiger partial charge is 0.493 e. The second-order valence-electron chi connectivity index (χ2n) is 5.94. The van der Waals surface area contributed by atoms with Gasteiger partial charge in [-0.25, -0.2) is 18.1 Å². The normalized spacial score (nSPS) is 11.3. The molecule has 0 radical (unpaired) electrons. The van der Waals surface area contributed by atoms with Gasteiger partial charge < -0.3 is 14.0 Å². The lowest BCUT2D eigenvalue weighted by atomic mass is 10.1. The van der Waals surface area contributed by atoms with Crippen LogP contribution in [-0.4, -0.2) is 45.1 Å². The molecule has 154 valence electrons. The van der Waals surface area contributed by atoms with Gasteiger partial charge in [0.1, 0.15) is 10.6 Å². The van der Waals surface area contributed by atoms with Gasteiger partial charge in [-0.3, -0.25) is 10.1 Å². The molecule has 1 aromatic carbocycles. The highest BCUT2D eigenvalue weighted by molar-refractivity contribution is 7.89. The van der Waals surface area contributed by atoms with Gasteiger partial charge >= 0.3 is 0 Å². The Morgan fingerprint density at radius 2 is 1.90 bits per heavy atom. The Morgan fingerprint density at radius 1 is 1.17 bits per heavy atom. The zero-order valence-corrected chi connectivity index (χ0v) is 17.8. The van der Waals surface area contributed by atoms with Crippen molar-refractivity contribution in [2.75, 3.05) is 26.6 Å². The molecular weight excluding hydrogens is 416 g/mol. The van der Waals surface area contributed by atoms with Crippen molar-refractivity contribution >= 4 is 32.4 Å². The van der Waals surface area contributed by atoms with E-state index in [1.807, 2.05) is 6.07 Å². The molecular formula is C18H20N4O5S2. The van der Waals surface area contributed by atoms with Crippen LogP contribution in [0.25, 0.3) is 11.3 Å².